The fourth-order valence-corrected chi connectivity index (χ4v) is 4.05. The van der Waals surface area contributed by atoms with E-state index in [4.69, 9.17) is 0 Å². The summed E-state index contributed by atoms with van der Waals surface area (Å²) in [6.07, 6.45) is 9.97. The Hall–Kier alpha value is -0.0900. The molecule has 4 heteroatoms. The summed E-state index contributed by atoms with van der Waals surface area (Å²) < 4.78 is 22.5. The van der Waals surface area contributed by atoms with Gasteiger partial charge in [0.25, 0.3) is 0 Å². The van der Waals surface area contributed by atoms with Crippen LogP contribution in [0.3, 0.4) is 0 Å². The van der Waals surface area contributed by atoms with E-state index >= 15 is 0 Å². The Morgan fingerprint density at radius 1 is 1.06 bits per heavy atom. The van der Waals surface area contributed by atoms with Crippen LogP contribution in [0.4, 0.5) is 0 Å². The zero-order valence-corrected chi connectivity index (χ0v) is 11.9. The largest absolute Gasteiger partial charge is 0.313 e. The minimum absolute atomic E-state index is 0.222. The fourth-order valence-electron chi connectivity index (χ4n) is 2.34. The Balaban J connectivity index is 1.88. The summed E-state index contributed by atoms with van der Waals surface area (Å²) in [7, 11) is -2.72. The second-order valence-corrected chi connectivity index (χ2v) is 7.40. The van der Waals surface area contributed by atoms with E-state index in [2.05, 4.69) is 12.2 Å². The standard InChI is InChI=1S/C13H27NO2S/c1-2-3-4-5-6-7-8-10-14-13-9-11-17(15,16)12-13/h13-14H,2-12H2,1H3. The SMILES string of the molecule is CCCCCCCCCNC1CCS(=O)(=O)C1. The Morgan fingerprint density at radius 2 is 1.71 bits per heavy atom. The molecule has 0 amide bonds. The van der Waals surface area contributed by atoms with Crippen LogP contribution >= 0.6 is 0 Å². The molecule has 1 aliphatic rings. The van der Waals surface area contributed by atoms with Gasteiger partial charge in [-0.05, 0) is 19.4 Å². The molecule has 1 fully saturated rings. The molecule has 0 aliphatic carbocycles. The molecular weight excluding hydrogens is 234 g/mol. The molecule has 1 aliphatic heterocycles. The maximum Gasteiger partial charge on any atom is 0.151 e. The molecule has 1 N–H and O–H groups in total. The van der Waals surface area contributed by atoms with Crippen LogP contribution in [0.1, 0.15) is 58.3 Å². The van der Waals surface area contributed by atoms with Crippen molar-refractivity contribution in [2.45, 2.75) is 64.3 Å². The van der Waals surface area contributed by atoms with Crippen molar-refractivity contribution in [3.05, 3.63) is 0 Å². The third kappa shape index (κ3) is 7.04. The third-order valence-corrected chi connectivity index (χ3v) is 5.21. The zero-order valence-electron chi connectivity index (χ0n) is 11.1. The number of hydrogen-bond acceptors (Lipinski definition) is 3. The topological polar surface area (TPSA) is 46.2 Å². The Bertz CT molecular complexity index is 288. The molecule has 1 heterocycles. The van der Waals surface area contributed by atoms with E-state index in [1.807, 2.05) is 0 Å². The maximum absolute atomic E-state index is 11.2. The molecule has 0 bridgehead atoms. The van der Waals surface area contributed by atoms with Gasteiger partial charge < -0.3 is 5.32 Å². The highest BCUT2D eigenvalue weighted by atomic mass is 32.2. The Labute approximate surface area is 106 Å². The summed E-state index contributed by atoms with van der Waals surface area (Å²) in [5.41, 5.74) is 0. The van der Waals surface area contributed by atoms with Gasteiger partial charge >= 0.3 is 0 Å². The van der Waals surface area contributed by atoms with Crippen molar-refractivity contribution in [2.24, 2.45) is 0 Å². The summed E-state index contributed by atoms with van der Waals surface area (Å²) in [6.45, 7) is 3.22. The summed E-state index contributed by atoms with van der Waals surface area (Å²) in [5.74, 6) is 0.727. The van der Waals surface area contributed by atoms with Crippen molar-refractivity contribution in [3.8, 4) is 0 Å². The van der Waals surface area contributed by atoms with Crippen LogP contribution in [-0.4, -0.2) is 32.5 Å². The van der Waals surface area contributed by atoms with Crippen molar-refractivity contribution in [1.82, 2.24) is 5.32 Å². The number of rotatable bonds is 9. The lowest BCUT2D eigenvalue weighted by Gasteiger charge is -2.10. The van der Waals surface area contributed by atoms with E-state index in [9.17, 15) is 8.42 Å². The third-order valence-electron chi connectivity index (χ3n) is 3.45. The summed E-state index contributed by atoms with van der Waals surface area (Å²) in [4.78, 5) is 0. The fraction of sp³-hybridized carbons (Fsp3) is 1.00. The molecule has 3 nitrogen and oxygen atoms in total. The maximum atomic E-state index is 11.2. The van der Waals surface area contributed by atoms with E-state index in [-0.39, 0.29) is 6.04 Å². The van der Waals surface area contributed by atoms with Crippen molar-refractivity contribution in [2.75, 3.05) is 18.1 Å². The van der Waals surface area contributed by atoms with Crippen molar-refractivity contribution in [1.29, 1.82) is 0 Å². The summed E-state index contributed by atoms with van der Waals surface area (Å²) >= 11 is 0. The molecule has 0 aromatic carbocycles. The van der Waals surface area contributed by atoms with E-state index in [1.54, 1.807) is 0 Å². The first-order valence-corrected chi connectivity index (χ1v) is 8.90. The van der Waals surface area contributed by atoms with Crippen molar-refractivity contribution >= 4 is 9.84 Å². The minimum Gasteiger partial charge on any atom is -0.313 e. The first-order valence-electron chi connectivity index (χ1n) is 7.08. The molecule has 0 aromatic heterocycles. The number of nitrogens with one attached hydrogen (secondary N) is 1. The molecule has 0 aromatic rings. The molecule has 0 saturated carbocycles. The molecule has 1 atom stereocenters. The highest BCUT2D eigenvalue weighted by Crippen LogP contribution is 2.11. The smallest absolute Gasteiger partial charge is 0.151 e. The van der Waals surface area contributed by atoms with Crippen LogP contribution in [0.15, 0.2) is 0 Å². The van der Waals surface area contributed by atoms with Gasteiger partial charge in [0, 0.05) is 6.04 Å². The number of sulfone groups is 1. The van der Waals surface area contributed by atoms with Gasteiger partial charge in [-0.1, -0.05) is 45.4 Å². The van der Waals surface area contributed by atoms with Crippen LogP contribution in [0.2, 0.25) is 0 Å². The molecule has 1 saturated heterocycles. The van der Waals surface area contributed by atoms with Gasteiger partial charge in [0.15, 0.2) is 9.84 Å². The van der Waals surface area contributed by atoms with E-state index < -0.39 is 9.84 Å². The number of unbranched alkanes of at least 4 members (excludes halogenated alkanes) is 6. The van der Waals surface area contributed by atoms with Gasteiger partial charge in [-0.3, -0.25) is 0 Å². The minimum atomic E-state index is -2.72. The first-order chi connectivity index (χ1) is 8.14. The lowest BCUT2D eigenvalue weighted by molar-refractivity contribution is 0.515. The number of hydrogen-bond donors (Lipinski definition) is 1. The molecule has 102 valence electrons. The predicted molar refractivity (Wildman–Crippen MR) is 73.1 cm³/mol. The van der Waals surface area contributed by atoms with Crippen molar-refractivity contribution in [3.63, 3.8) is 0 Å². The van der Waals surface area contributed by atoms with Gasteiger partial charge in [0.05, 0.1) is 11.5 Å². The summed E-state index contributed by atoms with van der Waals surface area (Å²) in [5, 5.41) is 3.36. The van der Waals surface area contributed by atoms with Crippen LogP contribution in [0, 0.1) is 0 Å². The van der Waals surface area contributed by atoms with E-state index in [1.165, 1.54) is 44.9 Å². The zero-order chi connectivity index (χ0) is 12.6. The monoisotopic (exact) mass is 261 g/mol. The van der Waals surface area contributed by atoms with E-state index in [0.717, 1.165) is 13.0 Å². The normalized spacial score (nSPS) is 23.0. The highest BCUT2D eigenvalue weighted by Gasteiger charge is 2.26. The molecule has 17 heavy (non-hydrogen) atoms. The molecule has 1 rings (SSSR count). The average Bonchev–Trinajstić information content (AvgIpc) is 2.62. The van der Waals surface area contributed by atoms with Gasteiger partial charge in [-0.2, -0.15) is 0 Å². The van der Waals surface area contributed by atoms with Crippen LogP contribution in [0.5, 0.6) is 0 Å². The van der Waals surface area contributed by atoms with Gasteiger partial charge in [0.2, 0.25) is 0 Å². The van der Waals surface area contributed by atoms with Crippen LogP contribution < -0.4 is 5.32 Å². The van der Waals surface area contributed by atoms with Gasteiger partial charge in [-0.25, -0.2) is 8.42 Å². The quantitative estimate of drug-likeness (QED) is 0.649. The summed E-state index contributed by atoms with van der Waals surface area (Å²) in [6, 6.07) is 0.222. The molecule has 0 radical (unpaired) electrons. The lowest BCUT2D eigenvalue weighted by Crippen LogP contribution is -2.30. The molecular formula is C13H27NO2S. The second kappa shape index (κ2) is 8.09. The second-order valence-electron chi connectivity index (χ2n) is 5.18. The van der Waals surface area contributed by atoms with Crippen LogP contribution in [0.25, 0.3) is 0 Å². The van der Waals surface area contributed by atoms with Crippen LogP contribution in [-0.2, 0) is 9.84 Å². The lowest BCUT2D eigenvalue weighted by atomic mass is 10.1. The van der Waals surface area contributed by atoms with Crippen molar-refractivity contribution < 1.29 is 8.42 Å². The Morgan fingerprint density at radius 3 is 2.29 bits per heavy atom. The molecule has 1 unspecified atom stereocenters. The van der Waals surface area contributed by atoms with Gasteiger partial charge in [-0.15, -0.1) is 0 Å². The Kier molecular flexibility index (Phi) is 7.12. The van der Waals surface area contributed by atoms with Gasteiger partial charge in [0.1, 0.15) is 0 Å². The highest BCUT2D eigenvalue weighted by molar-refractivity contribution is 7.91. The first kappa shape index (κ1) is 15.0. The average molecular weight is 261 g/mol. The predicted octanol–water partition coefficient (Wildman–Crippen LogP) is 2.51. The van der Waals surface area contributed by atoms with E-state index in [0.29, 0.717) is 11.5 Å². The molecule has 0 spiro atoms.